The molecule has 1 heteroatoms. The van der Waals surface area contributed by atoms with Crippen LogP contribution < -0.4 is 5.32 Å². The monoisotopic (exact) mass is 201 g/mol. The van der Waals surface area contributed by atoms with Crippen LogP contribution in [0.5, 0.6) is 0 Å². The molecule has 1 unspecified atom stereocenters. The predicted molar refractivity (Wildman–Crippen MR) is 63.3 cm³/mol. The van der Waals surface area contributed by atoms with Crippen LogP contribution >= 0.6 is 0 Å². The van der Waals surface area contributed by atoms with Crippen LogP contribution in [0.1, 0.15) is 41.9 Å². The van der Waals surface area contributed by atoms with Crippen molar-refractivity contribution < 1.29 is 0 Å². The highest BCUT2D eigenvalue weighted by atomic mass is 14.9. The minimum absolute atomic E-state index is 0.784. The molecule has 1 saturated heterocycles. The SMILES string of the molecule is c1cc2c(c(C3CCCNC3)c1)CCC2. The third-order valence-corrected chi connectivity index (χ3v) is 3.92. The molecule has 1 fully saturated rings. The van der Waals surface area contributed by atoms with Crippen molar-refractivity contribution in [2.45, 2.75) is 38.0 Å². The molecule has 0 aromatic heterocycles. The van der Waals surface area contributed by atoms with Gasteiger partial charge in [-0.1, -0.05) is 18.2 Å². The Bertz CT molecular complexity index is 350. The molecule has 1 nitrogen and oxygen atoms in total. The van der Waals surface area contributed by atoms with E-state index < -0.39 is 0 Å². The Kier molecular flexibility index (Phi) is 2.49. The fraction of sp³-hybridized carbons (Fsp3) is 0.571. The molecule has 1 heterocycles. The zero-order chi connectivity index (χ0) is 10.1. The molecule has 0 bridgehead atoms. The van der Waals surface area contributed by atoms with Gasteiger partial charge in [-0.05, 0) is 61.3 Å². The number of benzene rings is 1. The van der Waals surface area contributed by atoms with E-state index in [0.717, 1.165) is 5.92 Å². The third-order valence-electron chi connectivity index (χ3n) is 3.92. The number of fused-ring (bicyclic) bond motifs is 1. The van der Waals surface area contributed by atoms with Gasteiger partial charge in [0.15, 0.2) is 0 Å². The lowest BCUT2D eigenvalue weighted by Crippen LogP contribution is -2.28. The number of hydrogen-bond acceptors (Lipinski definition) is 1. The van der Waals surface area contributed by atoms with Crippen LogP contribution in [0, 0.1) is 0 Å². The second kappa shape index (κ2) is 3.97. The number of nitrogens with one attached hydrogen (secondary N) is 1. The Morgan fingerprint density at radius 1 is 1.13 bits per heavy atom. The second-order valence-electron chi connectivity index (χ2n) is 4.88. The van der Waals surface area contributed by atoms with Crippen molar-refractivity contribution >= 4 is 0 Å². The van der Waals surface area contributed by atoms with Crippen LogP contribution in [-0.4, -0.2) is 13.1 Å². The van der Waals surface area contributed by atoms with Crippen molar-refractivity contribution in [3.05, 3.63) is 34.9 Å². The molecule has 1 N–H and O–H groups in total. The Labute approximate surface area is 91.9 Å². The zero-order valence-corrected chi connectivity index (χ0v) is 9.26. The molecular weight excluding hydrogens is 182 g/mol. The van der Waals surface area contributed by atoms with Crippen LogP contribution in [0.4, 0.5) is 0 Å². The predicted octanol–water partition coefficient (Wildman–Crippen LogP) is 2.64. The summed E-state index contributed by atoms with van der Waals surface area (Å²) in [5.41, 5.74) is 4.96. The summed E-state index contributed by atoms with van der Waals surface area (Å²) in [7, 11) is 0. The van der Waals surface area contributed by atoms with E-state index in [1.807, 2.05) is 0 Å². The van der Waals surface area contributed by atoms with E-state index in [4.69, 9.17) is 0 Å². The highest BCUT2D eigenvalue weighted by Gasteiger charge is 2.21. The number of piperidine rings is 1. The van der Waals surface area contributed by atoms with E-state index in [1.165, 1.54) is 45.2 Å². The Morgan fingerprint density at radius 2 is 2.13 bits per heavy atom. The molecule has 80 valence electrons. The first-order chi connectivity index (χ1) is 7.45. The number of aryl methyl sites for hydroxylation is 1. The summed E-state index contributed by atoms with van der Waals surface area (Å²) in [6.07, 6.45) is 6.72. The summed E-state index contributed by atoms with van der Waals surface area (Å²) in [6, 6.07) is 6.94. The largest absolute Gasteiger partial charge is 0.316 e. The summed E-state index contributed by atoms with van der Waals surface area (Å²) >= 11 is 0. The summed E-state index contributed by atoms with van der Waals surface area (Å²) in [5, 5.41) is 3.52. The van der Waals surface area contributed by atoms with Gasteiger partial charge in [-0.2, -0.15) is 0 Å². The Morgan fingerprint density at radius 3 is 3.00 bits per heavy atom. The minimum atomic E-state index is 0.784. The second-order valence-corrected chi connectivity index (χ2v) is 4.88. The standard InChI is InChI=1S/C14H19N/c1-4-11-5-2-8-14(13(11)7-1)12-6-3-9-15-10-12/h2,5,8,12,15H,1,3-4,6-7,9-10H2. The average Bonchev–Trinajstić information content (AvgIpc) is 2.78. The molecule has 0 spiro atoms. The fourth-order valence-corrected chi connectivity index (χ4v) is 3.15. The van der Waals surface area contributed by atoms with Crippen LogP contribution in [-0.2, 0) is 12.8 Å². The molecule has 0 amide bonds. The van der Waals surface area contributed by atoms with Crippen LogP contribution in [0.3, 0.4) is 0 Å². The highest BCUT2D eigenvalue weighted by Crippen LogP contribution is 2.32. The molecule has 15 heavy (non-hydrogen) atoms. The van der Waals surface area contributed by atoms with Crippen LogP contribution in [0.25, 0.3) is 0 Å². The van der Waals surface area contributed by atoms with Gasteiger partial charge in [0.1, 0.15) is 0 Å². The van der Waals surface area contributed by atoms with Gasteiger partial charge in [0.2, 0.25) is 0 Å². The average molecular weight is 201 g/mol. The summed E-state index contributed by atoms with van der Waals surface area (Å²) in [6.45, 7) is 2.40. The Hall–Kier alpha value is -0.820. The van der Waals surface area contributed by atoms with E-state index in [2.05, 4.69) is 23.5 Å². The molecule has 0 radical (unpaired) electrons. The minimum Gasteiger partial charge on any atom is -0.316 e. The van der Waals surface area contributed by atoms with Gasteiger partial charge < -0.3 is 5.32 Å². The molecule has 1 aliphatic carbocycles. The third kappa shape index (κ3) is 1.69. The van der Waals surface area contributed by atoms with Crippen molar-refractivity contribution in [3.8, 4) is 0 Å². The van der Waals surface area contributed by atoms with Crippen LogP contribution in [0.2, 0.25) is 0 Å². The van der Waals surface area contributed by atoms with Gasteiger partial charge in [-0.25, -0.2) is 0 Å². The molecule has 1 aliphatic heterocycles. The first-order valence-electron chi connectivity index (χ1n) is 6.26. The molecule has 1 atom stereocenters. The smallest absolute Gasteiger partial charge is 0.00202 e. The maximum Gasteiger partial charge on any atom is 0.00202 e. The zero-order valence-electron chi connectivity index (χ0n) is 9.26. The number of hydrogen-bond donors (Lipinski definition) is 1. The van der Waals surface area contributed by atoms with Crippen molar-refractivity contribution in [3.63, 3.8) is 0 Å². The van der Waals surface area contributed by atoms with Gasteiger partial charge in [0, 0.05) is 6.54 Å². The fourth-order valence-electron chi connectivity index (χ4n) is 3.15. The van der Waals surface area contributed by atoms with Crippen molar-refractivity contribution in [2.24, 2.45) is 0 Å². The molecule has 1 aromatic rings. The number of rotatable bonds is 1. The maximum atomic E-state index is 3.52. The quantitative estimate of drug-likeness (QED) is 0.736. The first kappa shape index (κ1) is 9.41. The van der Waals surface area contributed by atoms with E-state index in [0.29, 0.717) is 0 Å². The summed E-state index contributed by atoms with van der Waals surface area (Å²) < 4.78 is 0. The summed E-state index contributed by atoms with van der Waals surface area (Å²) in [4.78, 5) is 0. The molecule has 1 aromatic carbocycles. The lowest BCUT2D eigenvalue weighted by molar-refractivity contribution is 0.460. The summed E-state index contributed by atoms with van der Waals surface area (Å²) in [5.74, 6) is 0.784. The molecular formula is C14H19N. The normalized spacial score (nSPS) is 25.2. The van der Waals surface area contributed by atoms with E-state index in [-0.39, 0.29) is 0 Å². The highest BCUT2D eigenvalue weighted by molar-refractivity contribution is 5.40. The van der Waals surface area contributed by atoms with Crippen molar-refractivity contribution in [1.82, 2.24) is 5.32 Å². The van der Waals surface area contributed by atoms with E-state index in [1.54, 1.807) is 16.7 Å². The lowest BCUT2D eigenvalue weighted by Gasteiger charge is -2.25. The molecule has 0 saturated carbocycles. The van der Waals surface area contributed by atoms with Gasteiger partial charge in [-0.15, -0.1) is 0 Å². The molecule has 2 aliphatic rings. The van der Waals surface area contributed by atoms with Crippen molar-refractivity contribution in [1.29, 1.82) is 0 Å². The van der Waals surface area contributed by atoms with Crippen LogP contribution in [0.15, 0.2) is 18.2 Å². The first-order valence-corrected chi connectivity index (χ1v) is 6.26. The van der Waals surface area contributed by atoms with Gasteiger partial charge in [-0.3, -0.25) is 0 Å². The van der Waals surface area contributed by atoms with Gasteiger partial charge in [0.25, 0.3) is 0 Å². The maximum absolute atomic E-state index is 3.52. The van der Waals surface area contributed by atoms with E-state index >= 15 is 0 Å². The van der Waals surface area contributed by atoms with Gasteiger partial charge >= 0.3 is 0 Å². The molecule has 3 rings (SSSR count). The van der Waals surface area contributed by atoms with Gasteiger partial charge in [0.05, 0.1) is 0 Å². The Balaban J connectivity index is 1.93. The lowest BCUT2D eigenvalue weighted by atomic mass is 9.87. The topological polar surface area (TPSA) is 12.0 Å². The van der Waals surface area contributed by atoms with E-state index in [9.17, 15) is 0 Å². The van der Waals surface area contributed by atoms with Crippen molar-refractivity contribution in [2.75, 3.05) is 13.1 Å².